The number of nitrogens with one attached hydrogen (secondary N) is 2. The normalized spacial score (nSPS) is 10.6. The van der Waals surface area contributed by atoms with Crippen LogP contribution in [0.1, 0.15) is 12.5 Å². The molecule has 0 atom stereocenters. The lowest BCUT2D eigenvalue weighted by atomic mass is 10.1. The average Bonchev–Trinajstić information content (AvgIpc) is 3.14. The third-order valence-corrected chi connectivity index (χ3v) is 5.60. The number of rotatable bonds is 7. The first-order valence-corrected chi connectivity index (χ1v) is 10.4. The summed E-state index contributed by atoms with van der Waals surface area (Å²) >= 11 is 2.27. The van der Waals surface area contributed by atoms with Crippen LogP contribution in [0.3, 0.4) is 0 Å². The minimum atomic E-state index is -0.693. The SMILES string of the molecule is CC(=O)NCc1ccc(-c2csc(NC(=O)CSc3ccc(F)cc3F)n2)cc1. The van der Waals surface area contributed by atoms with Gasteiger partial charge in [0, 0.05) is 35.4 Å². The van der Waals surface area contributed by atoms with E-state index in [1.54, 1.807) is 0 Å². The highest BCUT2D eigenvalue weighted by Crippen LogP contribution is 2.26. The molecule has 0 aliphatic carbocycles. The molecular formula is C20H17F2N3O2S2. The fourth-order valence-electron chi connectivity index (χ4n) is 2.37. The van der Waals surface area contributed by atoms with Crippen LogP contribution >= 0.6 is 23.1 Å². The molecule has 2 amide bonds. The third-order valence-electron chi connectivity index (χ3n) is 3.79. The van der Waals surface area contributed by atoms with Crippen LogP contribution in [0.25, 0.3) is 11.3 Å². The van der Waals surface area contributed by atoms with Crippen LogP contribution < -0.4 is 10.6 Å². The number of carbonyl (C=O) groups is 2. The Bertz CT molecular complexity index is 1020. The average molecular weight is 434 g/mol. The molecule has 0 saturated carbocycles. The molecule has 2 aromatic carbocycles. The Morgan fingerprint density at radius 1 is 1.14 bits per heavy atom. The molecule has 0 saturated heterocycles. The smallest absolute Gasteiger partial charge is 0.236 e. The molecule has 1 heterocycles. The van der Waals surface area contributed by atoms with Gasteiger partial charge in [-0.1, -0.05) is 24.3 Å². The molecule has 3 aromatic rings. The van der Waals surface area contributed by atoms with E-state index < -0.39 is 11.6 Å². The quantitative estimate of drug-likeness (QED) is 0.540. The number of hydrogen-bond donors (Lipinski definition) is 2. The van der Waals surface area contributed by atoms with Gasteiger partial charge in [-0.2, -0.15) is 0 Å². The van der Waals surface area contributed by atoms with E-state index in [0.717, 1.165) is 35.0 Å². The number of hydrogen-bond acceptors (Lipinski definition) is 5. The fraction of sp³-hybridized carbons (Fsp3) is 0.150. The summed E-state index contributed by atoms with van der Waals surface area (Å²) in [6, 6.07) is 10.8. The standard InChI is InChI=1S/C20H17F2N3O2S2/c1-12(26)23-9-13-2-4-14(5-3-13)17-10-29-20(24-17)25-19(27)11-28-18-7-6-15(21)8-16(18)22/h2-8,10H,9,11H2,1H3,(H,23,26)(H,24,25,27). The highest BCUT2D eigenvalue weighted by atomic mass is 32.2. The minimum Gasteiger partial charge on any atom is -0.352 e. The van der Waals surface area contributed by atoms with Crippen molar-refractivity contribution in [3.63, 3.8) is 0 Å². The number of halogens is 2. The molecule has 9 heteroatoms. The second-order valence-corrected chi connectivity index (χ2v) is 7.93. The molecule has 5 nitrogen and oxygen atoms in total. The first-order chi connectivity index (χ1) is 13.9. The van der Waals surface area contributed by atoms with Gasteiger partial charge >= 0.3 is 0 Å². The van der Waals surface area contributed by atoms with Crippen LogP contribution in [0.4, 0.5) is 13.9 Å². The number of nitrogens with zero attached hydrogens (tertiary/aromatic N) is 1. The highest BCUT2D eigenvalue weighted by Gasteiger charge is 2.11. The molecule has 29 heavy (non-hydrogen) atoms. The fourth-order valence-corrected chi connectivity index (χ4v) is 3.83. The topological polar surface area (TPSA) is 71.1 Å². The lowest BCUT2D eigenvalue weighted by molar-refractivity contribution is -0.119. The number of aromatic nitrogens is 1. The Balaban J connectivity index is 1.55. The van der Waals surface area contributed by atoms with E-state index in [0.29, 0.717) is 17.4 Å². The molecule has 2 N–H and O–H groups in total. The number of amides is 2. The largest absolute Gasteiger partial charge is 0.352 e. The van der Waals surface area contributed by atoms with Crippen molar-refractivity contribution in [2.75, 3.05) is 11.1 Å². The number of benzene rings is 2. The molecule has 0 spiro atoms. The summed E-state index contributed by atoms with van der Waals surface area (Å²) in [6.45, 7) is 1.93. The minimum absolute atomic E-state index is 0.0185. The number of carbonyl (C=O) groups excluding carboxylic acids is 2. The maximum Gasteiger partial charge on any atom is 0.236 e. The Hall–Kier alpha value is -2.78. The van der Waals surface area contributed by atoms with Crippen molar-refractivity contribution >= 4 is 40.0 Å². The molecule has 0 unspecified atom stereocenters. The molecule has 1 aromatic heterocycles. The van der Waals surface area contributed by atoms with Crippen molar-refractivity contribution in [3.05, 3.63) is 65.0 Å². The zero-order valence-electron chi connectivity index (χ0n) is 15.4. The maximum atomic E-state index is 13.6. The van der Waals surface area contributed by atoms with Gasteiger partial charge in [0.1, 0.15) is 11.6 Å². The first kappa shape index (κ1) is 20.9. The monoisotopic (exact) mass is 433 g/mol. The maximum absolute atomic E-state index is 13.6. The zero-order chi connectivity index (χ0) is 20.8. The van der Waals surface area contributed by atoms with Gasteiger partial charge in [0.15, 0.2) is 5.13 Å². The van der Waals surface area contributed by atoms with E-state index in [1.807, 2.05) is 29.6 Å². The Morgan fingerprint density at radius 3 is 2.59 bits per heavy atom. The van der Waals surface area contributed by atoms with Crippen molar-refractivity contribution in [2.24, 2.45) is 0 Å². The Labute approximate surface area is 174 Å². The van der Waals surface area contributed by atoms with Gasteiger partial charge in [-0.15, -0.1) is 23.1 Å². The van der Waals surface area contributed by atoms with Crippen LogP contribution in [0.15, 0.2) is 52.7 Å². The predicted octanol–water partition coefficient (Wildman–Crippen LogP) is 4.46. The van der Waals surface area contributed by atoms with Gasteiger partial charge in [0.2, 0.25) is 11.8 Å². The molecule has 0 fully saturated rings. The van der Waals surface area contributed by atoms with Crippen molar-refractivity contribution in [1.29, 1.82) is 0 Å². The Kier molecular flexibility index (Phi) is 6.95. The van der Waals surface area contributed by atoms with Crippen molar-refractivity contribution in [3.8, 4) is 11.3 Å². The molecule has 0 radical (unpaired) electrons. The first-order valence-electron chi connectivity index (χ1n) is 8.57. The number of thioether (sulfide) groups is 1. The zero-order valence-corrected chi connectivity index (χ0v) is 17.0. The van der Waals surface area contributed by atoms with Gasteiger partial charge in [-0.3, -0.25) is 9.59 Å². The van der Waals surface area contributed by atoms with Crippen LogP contribution in [-0.2, 0) is 16.1 Å². The lowest BCUT2D eigenvalue weighted by Gasteiger charge is -2.04. The summed E-state index contributed by atoms with van der Waals surface area (Å²) in [5.41, 5.74) is 2.57. The van der Waals surface area contributed by atoms with E-state index in [4.69, 9.17) is 0 Å². The predicted molar refractivity (Wildman–Crippen MR) is 111 cm³/mol. The summed E-state index contributed by atoms with van der Waals surface area (Å²) in [5.74, 6) is -1.79. The summed E-state index contributed by atoms with van der Waals surface area (Å²) in [7, 11) is 0. The van der Waals surface area contributed by atoms with Crippen LogP contribution in [0.5, 0.6) is 0 Å². The third kappa shape index (κ3) is 6.10. The van der Waals surface area contributed by atoms with Crippen molar-refractivity contribution in [2.45, 2.75) is 18.4 Å². The van der Waals surface area contributed by atoms with Gasteiger partial charge in [-0.25, -0.2) is 13.8 Å². The second kappa shape index (κ2) is 9.62. The van der Waals surface area contributed by atoms with Crippen LogP contribution in [0.2, 0.25) is 0 Å². The summed E-state index contributed by atoms with van der Waals surface area (Å²) in [5, 5.41) is 7.68. The van der Waals surface area contributed by atoms with Crippen LogP contribution in [0, 0.1) is 11.6 Å². The Morgan fingerprint density at radius 2 is 1.90 bits per heavy atom. The molecule has 150 valence electrons. The van der Waals surface area contributed by atoms with Gasteiger partial charge in [-0.05, 0) is 17.7 Å². The summed E-state index contributed by atoms with van der Waals surface area (Å²) in [6.07, 6.45) is 0. The van der Waals surface area contributed by atoms with Gasteiger partial charge < -0.3 is 10.6 Å². The van der Waals surface area contributed by atoms with Crippen molar-refractivity contribution < 1.29 is 18.4 Å². The molecular weight excluding hydrogens is 416 g/mol. The molecule has 0 aliphatic rings. The molecule has 0 aliphatic heterocycles. The molecule has 0 bridgehead atoms. The highest BCUT2D eigenvalue weighted by molar-refractivity contribution is 8.00. The summed E-state index contributed by atoms with van der Waals surface area (Å²) in [4.78, 5) is 27.7. The van der Waals surface area contributed by atoms with E-state index in [9.17, 15) is 18.4 Å². The van der Waals surface area contributed by atoms with E-state index >= 15 is 0 Å². The second-order valence-electron chi connectivity index (χ2n) is 6.06. The van der Waals surface area contributed by atoms with E-state index in [2.05, 4.69) is 15.6 Å². The van der Waals surface area contributed by atoms with Crippen LogP contribution in [-0.4, -0.2) is 22.6 Å². The molecule has 3 rings (SSSR count). The summed E-state index contributed by atoms with van der Waals surface area (Å²) < 4.78 is 26.5. The van der Waals surface area contributed by atoms with Crippen molar-refractivity contribution in [1.82, 2.24) is 10.3 Å². The van der Waals surface area contributed by atoms with Gasteiger partial charge in [0.05, 0.1) is 11.4 Å². The van der Waals surface area contributed by atoms with E-state index in [1.165, 1.54) is 24.3 Å². The lowest BCUT2D eigenvalue weighted by Crippen LogP contribution is -2.18. The number of anilines is 1. The van der Waals surface area contributed by atoms with Gasteiger partial charge in [0.25, 0.3) is 0 Å². The number of thiazole rings is 1. The van der Waals surface area contributed by atoms with E-state index in [-0.39, 0.29) is 22.5 Å².